The molecule has 1 aromatic rings. The minimum Gasteiger partial charge on any atom is -0.348 e. The van der Waals surface area contributed by atoms with Crippen LogP contribution in [0.15, 0.2) is 0 Å². The van der Waals surface area contributed by atoms with Gasteiger partial charge in [0.15, 0.2) is 0 Å². The molecule has 0 aromatic carbocycles. The van der Waals surface area contributed by atoms with Crippen LogP contribution in [0.2, 0.25) is 0 Å². The summed E-state index contributed by atoms with van der Waals surface area (Å²) in [7, 11) is 0. The highest BCUT2D eigenvalue weighted by Gasteiger charge is 2.11. The maximum atomic E-state index is 2.44. The summed E-state index contributed by atoms with van der Waals surface area (Å²) >= 11 is 0. The van der Waals surface area contributed by atoms with Crippen LogP contribution < -0.4 is 0 Å². The van der Waals surface area contributed by atoms with Gasteiger partial charge in [0.05, 0.1) is 0 Å². The lowest BCUT2D eigenvalue weighted by atomic mass is 10.2. The molecule has 0 bridgehead atoms. The lowest BCUT2D eigenvalue weighted by molar-refractivity contribution is 0.508. The summed E-state index contributed by atoms with van der Waals surface area (Å²) in [6.45, 7) is 14.6. The molecule has 13 heavy (non-hydrogen) atoms. The second-order valence-corrected chi connectivity index (χ2v) is 4.43. The van der Waals surface area contributed by atoms with E-state index in [1.807, 2.05) is 0 Å². The minimum absolute atomic E-state index is 0.726. The van der Waals surface area contributed by atoms with E-state index in [9.17, 15) is 0 Å². The summed E-state index contributed by atoms with van der Waals surface area (Å²) < 4.78 is 2.44. The molecule has 1 heterocycles. The molecule has 0 saturated carbocycles. The summed E-state index contributed by atoms with van der Waals surface area (Å²) in [6.07, 6.45) is 0. The van der Waals surface area contributed by atoms with Crippen molar-refractivity contribution < 1.29 is 0 Å². The van der Waals surface area contributed by atoms with Gasteiger partial charge in [0.2, 0.25) is 0 Å². The monoisotopic (exact) mass is 179 g/mol. The quantitative estimate of drug-likeness (QED) is 0.656. The van der Waals surface area contributed by atoms with Gasteiger partial charge in [0.25, 0.3) is 0 Å². The van der Waals surface area contributed by atoms with Crippen molar-refractivity contribution in [2.75, 3.05) is 0 Å². The van der Waals surface area contributed by atoms with Gasteiger partial charge in [-0.05, 0) is 44.7 Å². The molecule has 0 unspecified atom stereocenters. The largest absolute Gasteiger partial charge is 0.348 e. The van der Waals surface area contributed by atoms with E-state index in [4.69, 9.17) is 0 Å². The van der Waals surface area contributed by atoms with E-state index >= 15 is 0 Å². The van der Waals surface area contributed by atoms with Gasteiger partial charge in [-0.25, -0.2) is 0 Å². The first-order chi connectivity index (χ1) is 5.95. The first-order valence-electron chi connectivity index (χ1n) is 5.08. The zero-order chi connectivity index (χ0) is 10.2. The van der Waals surface area contributed by atoms with Crippen LogP contribution in [0.5, 0.6) is 0 Å². The summed E-state index contributed by atoms with van der Waals surface area (Å²) in [4.78, 5) is 0. The van der Waals surface area contributed by atoms with E-state index in [1.54, 1.807) is 0 Å². The van der Waals surface area contributed by atoms with Gasteiger partial charge in [0.1, 0.15) is 0 Å². The summed E-state index contributed by atoms with van der Waals surface area (Å²) in [6, 6.07) is 0. The molecule has 0 fully saturated rings. The third kappa shape index (κ3) is 1.79. The normalized spacial score (nSPS) is 11.3. The highest BCUT2D eigenvalue weighted by Crippen LogP contribution is 2.21. The lowest BCUT2D eigenvalue weighted by Crippen LogP contribution is -2.07. The average Bonchev–Trinajstić information content (AvgIpc) is 2.22. The van der Waals surface area contributed by atoms with Crippen molar-refractivity contribution in [3.8, 4) is 0 Å². The SMILES string of the molecule is Cc1c(C)c(C)n(CC(C)C)c1C. The molecule has 1 aromatic heterocycles. The molecule has 0 saturated heterocycles. The fourth-order valence-electron chi connectivity index (χ4n) is 1.84. The van der Waals surface area contributed by atoms with Crippen molar-refractivity contribution in [2.24, 2.45) is 5.92 Å². The highest BCUT2D eigenvalue weighted by molar-refractivity contribution is 5.35. The van der Waals surface area contributed by atoms with Crippen molar-refractivity contribution in [3.63, 3.8) is 0 Å². The third-order valence-electron chi connectivity index (χ3n) is 3.01. The molecule has 0 aliphatic carbocycles. The van der Waals surface area contributed by atoms with Gasteiger partial charge < -0.3 is 4.57 Å². The Labute approximate surface area is 81.8 Å². The van der Waals surface area contributed by atoms with Crippen LogP contribution in [-0.4, -0.2) is 4.57 Å². The van der Waals surface area contributed by atoms with E-state index in [2.05, 4.69) is 46.1 Å². The highest BCUT2D eigenvalue weighted by atomic mass is 15.0. The predicted molar refractivity (Wildman–Crippen MR) is 58.2 cm³/mol. The predicted octanol–water partition coefficient (Wildman–Crippen LogP) is 3.38. The van der Waals surface area contributed by atoms with Crippen LogP contribution in [0, 0.1) is 33.6 Å². The molecule has 0 aliphatic rings. The summed E-state index contributed by atoms with van der Waals surface area (Å²) in [5.74, 6) is 0.726. The Morgan fingerprint density at radius 3 is 1.62 bits per heavy atom. The van der Waals surface area contributed by atoms with Gasteiger partial charge in [-0.3, -0.25) is 0 Å². The van der Waals surface area contributed by atoms with Gasteiger partial charge in [-0.2, -0.15) is 0 Å². The van der Waals surface area contributed by atoms with Crippen LogP contribution in [0.1, 0.15) is 36.4 Å². The van der Waals surface area contributed by atoms with E-state index in [1.165, 1.54) is 22.5 Å². The molecule has 1 nitrogen and oxygen atoms in total. The number of hydrogen-bond donors (Lipinski definition) is 0. The summed E-state index contributed by atoms with van der Waals surface area (Å²) in [5.41, 5.74) is 5.78. The standard InChI is InChI=1S/C12H21N/c1-8(2)7-13-11(5)9(3)10(4)12(13)6/h8H,7H2,1-6H3. The number of rotatable bonds is 2. The Hall–Kier alpha value is -0.720. The molecular formula is C12H21N. The fraction of sp³-hybridized carbons (Fsp3) is 0.667. The first kappa shape index (κ1) is 10.4. The van der Waals surface area contributed by atoms with Crippen LogP contribution >= 0.6 is 0 Å². The number of hydrogen-bond acceptors (Lipinski definition) is 0. The zero-order valence-electron chi connectivity index (χ0n) is 9.73. The smallest absolute Gasteiger partial charge is 0.0247 e. The molecule has 0 radical (unpaired) electrons. The second-order valence-electron chi connectivity index (χ2n) is 4.43. The Balaban J connectivity index is 3.13. The molecule has 0 spiro atoms. The minimum atomic E-state index is 0.726. The van der Waals surface area contributed by atoms with Crippen molar-refractivity contribution in [1.82, 2.24) is 4.57 Å². The average molecular weight is 179 g/mol. The topological polar surface area (TPSA) is 4.93 Å². The summed E-state index contributed by atoms with van der Waals surface area (Å²) in [5, 5.41) is 0. The molecule has 0 atom stereocenters. The number of nitrogens with zero attached hydrogens (tertiary/aromatic N) is 1. The van der Waals surface area contributed by atoms with E-state index in [0.29, 0.717) is 0 Å². The van der Waals surface area contributed by atoms with Crippen molar-refractivity contribution >= 4 is 0 Å². The Morgan fingerprint density at radius 1 is 0.923 bits per heavy atom. The third-order valence-corrected chi connectivity index (χ3v) is 3.01. The van der Waals surface area contributed by atoms with E-state index in [-0.39, 0.29) is 0 Å². The molecule has 0 N–H and O–H groups in total. The second kappa shape index (κ2) is 3.57. The van der Waals surface area contributed by atoms with Gasteiger partial charge in [-0.1, -0.05) is 13.8 Å². The molecule has 0 aliphatic heterocycles. The van der Waals surface area contributed by atoms with Crippen molar-refractivity contribution in [2.45, 2.75) is 48.1 Å². The lowest BCUT2D eigenvalue weighted by Gasteiger charge is -2.12. The first-order valence-corrected chi connectivity index (χ1v) is 5.08. The maximum Gasteiger partial charge on any atom is 0.0247 e. The molecule has 1 rings (SSSR count). The fourth-order valence-corrected chi connectivity index (χ4v) is 1.84. The van der Waals surface area contributed by atoms with Crippen molar-refractivity contribution in [1.29, 1.82) is 0 Å². The Morgan fingerprint density at radius 2 is 1.31 bits per heavy atom. The number of aromatic nitrogens is 1. The molecular weight excluding hydrogens is 158 g/mol. The van der Waals surface area contributed by atoms with Crippen LogP contribution in [0.4, 0.5) is 0 Å². The maximum absolute atomic E-state index is 2.44. The Kier molecular flexibility index (Phi) is 2.84. The van der Waals surface area contributed by atoms with Crippen LogP contribution in [-0.2, 0) is 6.54 Å². The van der Waals surface area contributed by atoms with Crippen molar-refractivity contribution in [3.05, 3.63) is 22.5 Å². The van der Waals surface area contributed by atoms with Gasteiger partial charge in [0, 0.05) is 17.9 Å². The van der Waals surface area contributed by atoms with E-state index < -0.39 is 0 Å². The molecule has 0 amide bonds. The van der Waals surface area contributed by atoms with Crippen LogP contribution in [0.25, 0.3) is 0 Å². The molecule has 74 valence electrons. The molecule has 1 heteroatoms. The van der Waals surface area contributed by atoms with Gasteiger partial charge in [-0.15, -0.1) is 0 Å². The Bertz CT molecular complexity index is 280. The van der Waals surface area contributed by atoms with E-state index in [0.717, 1.165) is 12.5 Å². The zero-order valence-corrected chi connectivity index (χ0v) is 9.73. The van der Waals surface area contributed by atoms with Gasteiger partial charge >= 0.3 is 0 Å². The van der Waals surface area contributed by atoms with Crippen LogP contribution in [0.3, 0.4) is 0 Å².